The van der Waals surface area contributed by atoms with Crippen LogP contribution in [0.25, 0.3) is 0 Å². The molecule has 0 bridgehead atoms. The van der Waals surface area contributed by atoms with Gasteiger partial charge in [-0.05, 0) is 36.8 Å². The van der Waals surface area contributed by atoms with Crippen LogP contribution in [-0.2, 0) is 4.74 Å². The lowest BCUT2D eigenvalue weighted by atomic mass is 9.77. The average molecular weight is 220 g/mol. The zero-order valence-corrected chi connectivity index (χ0v) is 9.86. The molecule has 0 spiro atoms. The highest BCUT2D eigenvalue weighted by molar-refractivity contribution is 5.33. The maximum atomic E-state index is 10.1. The third-order valence-electron chi connectivity index (χ3n) is 3.38. The molecule has 0 aromatic heterocycles. The van der Waals surface area contributed by atoms with Crippen LogP contribution in [0.1, 0.15) is 49.3 Å². The minimum absolute atomic E-state index is 0.403. The molecule has 0 amide bonds. The van der Waals surface area contributed by atoms with Crippen LogP contribution in [0, 0.1) is 0 Å². The molecule has 1 saturated carbocycles. The van der Waals surface area contributed by atoms with E-state index >= 15 is 0 Å². The van der Waals surface area contributed by atoms with Crippen LogP contribution in [-0.4, -0.2) is 18.3 Å². The third-order valence-corrected chi connectivity index (χ3v) is 3.38. The van der Waals surface area contributed by atoms with E-state index in [4.69, 9.17) is 4.74 Å². The third kappa shape index (κ3) is 2.45. The van der Waals surface area contributed by atoms with Gasteiger partial charge >= 0.3 is 0 Å². The van der Waals surface area contributed by atoms with Crippen molar-refractivity contribution in [3.05, 3.63) is 35.4 Å². The second kappa shape index (κ2) is 5.46. The smallest absolute Gasteiger partial charge is 0.103 e. The fourth-order valence-corrected chi connectivity index (χ4v) is 2.22. The molecule has 1 aliphatic carbocycles. The lowest BCUT2D eigenvalue weighted by molar-refractivity contribution is 0.0411. The quantitative estimate of drug-likeness (QED) is 0.826. The summed E-state index contributed by atoms with van der Waals surface area (Å²) in [6.45, 7) is 3.01. The number of benzene rings is 1. The van der Waals surface area contributed by atoms with E-state index in [0.29, 0.717) is 19.1 Å². The van der Waals surface area contributed by atoms with Gasteiger partial charge in [0.05, 0.1) is 6.61 Å². The van der Waals surface area contributed by atoms with Crippen LogP contribution in [0.15, 0.2) is 24.3 Å². The van der Waals surface area contributed by atoms with E-state index in [-0.39, 0.29) is 0 Å². The minimum atomic E-state index is -0.475. The van der Waals surface area contributed by atoms with Gasteiger partial charge in [-0.2, -0.15) is 0 Å². The summed E-state index contributed by atoms with van der Waals surface area (Å²) in [4.78, 5) is 0. The number of ether oxygens (including phenoxy) is 1. The van der Waals surface area contributed by atoms with Crippen LogP contribution < -0.4 is 0 Å². The van der Waals surface area contributed by atoms with Crippen molar-refractivity contribution in [2.24, 2.45) is 0 Å². The maximum Gasteiger partial charge on any atom is 0.103 e. The van der Waals surface area contributed by atoms with Gasteiger partial charge in [0.25, 0.3) is 0 Å². The molecular formula is C14H20O2. The van der Waals surface area contributed by atoms with Gasteiger partial charge in [-0.3, -0.25) is 0 Å². The fourth-order valence-electron chi connectivity index (χ4n) is 2.22. The minimum Gasteiger partial charge on any atom is -0.386 e. The van der Waals surface area contributed by atoms with Crippen molar-refractivity contribution < 1.29 is 9.84 Å². The van der Waals surface area contributed by atoms with Gasteiger partial charge in [0, 0.05) is 6.61 Å². The second-order valence-corrected chi connectivity index (χ2v) is 4.43. The average Bonchev–Trinajstić information content (AvgIpc) is 2.24. The van der Waals surface area contributed by atoms with E-state index in [9.17, 15) is 5.11 Å². The van der Waals surface area contributed by atoms with Crippen molar-refractivity contribution >= 4 is 0 Å². The van der Waals surface area contributed by atoms with E-state index in [2.05, 4.69) is 12.1 Å². The number of aliphatic hydroxyl groups is 1. The lowest BCUT2D eigenvalue weighted by Gasteiger charge is -2.29. The molecule has 0 saturated heterocycles. The Morgan fingerprint density at radius 3 is 2.75 bits per heavy atom. The highest BCUT2D eigenvalue weighted by atomic mass is 16.5. The van der Waals surface area contributed by atoms with Crippen molar-refractivity contribution in [2.45, 2.75) is 38.2 Å². The molecule has 0 aliphatic heterocycles. The molecular weight excluding hydrogens is 200 g/mol. The Kier molecular flexibility index (Phi) is 3.97. The Hall–Kier alpha value is -0.860. The number of aliphatic hydroxyl groups excluding tert-OH is 1. The van der Waals surface area contributed by atoms with Crippen LogP contribution in [0.4, 0.5) is 0 Å². The van der Waals surface area contributed by atoms with Crippen LogP contribution in [0.5, 0.6) is 0 Å². The highest BCUT2D eigenvalue weighted by Crippen LogP contribution is 2.39. The lowest BCUT2D eigenvalue weighted by Crippen LogP contribution is -2.15. The van der Waals surface area contributed by atoms with E-state index in [0.717, 1.165) is 5.56 Å². The van der Waals surface area contributed by atoms with E-state index < -0.39 is 6.10 Å². The summed E-state index contributed by atoms with van der Waals surface area (Å²) in [5.41, 5.74) is 2.38. The largest absolute Gasteiger partial charge is 0.386 e. The monoisotopic (exact) mass is 220 g/mol. The van der Waals surface area contributed by atoms with Crippen molar-refractivity contribution in [1.82, 2.24) is 0 Å². The molecule has 2 rings (SSSR count). The van der Waals surface area contributed by atoms with Crippen LogP contribution in [0.3, 0.4) is 0 Å². The Balaban J connectivity index is 2.11. The molecule has 0 radical (unpaired) electrons. The van der Waals surface area contributed by atoms with Gasteiger partial charge in [0.2, 0.25) is 0 Å². The zero-order valence-electron chi connectivity index (χ0n) is 9.86. The first kappa shape index (κ1) is 11.6. The zero-order chi connectivity index (χ0) is 11.4. The summed E-state index contributed by atoms with van der Waals surface area (Å²) in [6, 6.07) is 8.23. The Morgan fingerprint density at radius 1 is 1.38 bits per heavy atom. The molecule has 1 aromatic carbocycles. The molecule has 1 aromatic rings. The number of rotatable bonds is 5. The van der Waals surface area contributed by atoms with Crippen LogP contribution in [0.2, 0.25) is 0 Å². The van der Waals surface area contributed by atoms with Crippen molar-refractivity contribution in [3.8, 4) is 0 Å². The summed E-state index contributed by atoms with van der Waals surface area (Å²) in [7, 11) is 0. The molecule has 16 heavy (non-hydrogen) atoms. The molecule has 1 fully saturated rings. The normalized spacial score (nSPS) is 18.1. The topological polar surface area (TPSA) is 29.5 Å². The summed E-state index contributed by atoms with van der Waals surface area (Å²) < 4.78 is 5.29. The van der Waals surface area contributed by atoms with Gasteiger partial charge in [-0.25, -0.2) is 0 Å². The van der Waals surface area contributed by atoms with Gasteiger partial charge in [0.15, 0.2) is 0 Å². The molecule has 88 valence electrons. The van der Waals surface area contributed by atoms with Gasteiger partial charge < -0.3 is 9.84 Å². The van der Waals surface area contributed by atoms with Gasteiger partial charge in [-0.15, -0.1) is 0 Å². The maximum absolute atomic E-state index is 10.1. The van der Waals surface area contributed by atoms with Crippen molar-refractivity contribution in [3.63, 3.8) is 0 Å². The predicted octanol–water partition coefficient (Wildman–Crippen LogP) is 3.02. The first-order valence-corrected chi connectivity index (χ1v) is 6.17. The Labute approximate surface area is 97.3 Å². The Bertz CT molecular complexity index is 331. The summed E-state index contributed by atoms with van der Waals surface area (Å²) in [5, 5.41) is 10.1. The van der Waals surface area contributed by atoms with E-state index in [1.165, 1.54) is 24.8 Å². The summed E-state index contributed by atoms with van der Waals surface area (Å²) in [6.07, 6.45) is 3.37. The first-order valence-electron chi connectivity index (χ1n) is 6.17. The van der Waals surface area contributed by atoms with Gasteiger partial charge in [-0.1, -0.05) is 30.7 Å². The molecule has 0 heterocycles. The summed E-state index contributed by atoms with van der Waals surface area (Å²) in [5.74, 6) is 0.660. The molecule has 1 N–H and O–H groups in total. The van der Waals surface area contributed by atoms with E-state index in [1.807, 2.05) is 19.1 Å². The molecule has 2 heteroatoms. The van der Waals surface area contributed by atoms with Crippen molar-refractivity contribution in [2.75, 3.05) is 13.2 Å². The first-order chi connectivity index (χ1) is 7.83. The summed E-state index contributed by atoms with van der Waals surface area (Å²) >= 11 is 0. The molecule has 1 unspecified atom stereocenters. The standard InChI is InChI=1S/C14H20O2/c1-2-16-10-14(15)13-9-4-3-8-12(13)11-6-5-7-11/h3-4,8-9,11,14-15H,2,5-7,10H2,1H3. The fraction of sp³-hybridized carbons (Fsp3) is 0.571. The Morgan fingerprint density at radius 2 is 2.12 bits per heavy atom. The predicted molar refractivity (Wildman–Crippen MR) is 64.5 cm³/mol. The molecule has 1 aliphatic rings. The number of hydrogen-bond acceptors (Lipinski definition) is 2. The molecule has 1 atom stereocenters. The second-order valence-electron chi connectivity index (χ2n) is 4.43. The van der Waals surface area contributed by atoms with E-state index in [1.54, 1.807) is 0 Å². The molecule has 2 nitrogen and oxygen atoms in total. The SMILES string of the molecule is CCOCC(O)c1ccccc1C1CCC1. The van der Waals surface area contributed by atoms with Gasteiger partial charge in [0.1, 0.15) is 6.10 Å². The highest BCUT2D eigenvalue weighted by Gasteiger charge is 2.24. The van der Waals surface area contributed by atoms with Crippen molar-refractivity contribution in [1.29, 1.82) is 0 Å². The van der Waals surface area contributed by atoms with Crippen LogP contribution >= 0.6 is 0 Å². The number of hydrogen-bond donors (Lipinski definition) is 1.